The van der Waals surface area contributed by atoms with Crippen molar-refractivity contribution < 1.29 is 87.9 Å². The summed E-state index contributed by atoms with van der Waals surface area (Å²) >= 11 is 0. The minimum absolute atomic E-state index is 0.676. The third-order valence-corrected chi connectivity index (χ3v) is 10.5. The maximum absolute atomic E-state index is 15.8. The monoisotopic (exact) mass is 942 g/mol. The molecule has 0 fully saturated rings. The second-order valence-corrected chi connectivity index (χ2v) is 14.0. The number of rotatable bonds is 2. The van der Waals surface area contributed by atoms with Gasteiger partial charge >= 0.3 is 0 Å². The van der Waals surface area contributed by atoms with Crippen molar-refractivity contribution >= 4 is 78.4 Å². The summed E-state index contributed by atoms with van der Waals surface area (Å²) in [4.78, 5) is 12.5. The lowest BCUT2D eigenvalue weighted by molar-refractivity contribution is 0.381. The van der Waals surface area contributed by atoms with Gasteiger partial charge < -0.3 is 18.8 Å². The molecule has 4 aromatic carbocycles. The fraction of sp³-hybridized carbons (Fsp3) is 0. The Bertz CT molecular complexity index is 3640. The van der Waals surface area contributed by atoms with Gasteiger partial charge in [-0.2, -0.15) is 13.8 Å². The molecular formula is C42H8F18N4O2. The summed E-state index contributed by atoms with van der Waals surface area (Å²) in [6.45, 7) is 0. The van der Waals surface area contributed by atoms with Crippen molar-refractivity contribution in [2.75, 3.05) is 0 Å². The van der Waals surface area contributed by atoms with Gasteiger partial charge in [0.2, 0.25) is 46.3 Å². The van der Waals surface area contributed by atoms with E-state index in [0.29, 0.717) is 12.2 Å². The molecule has 334 valence electrons. The number of hydrogen-bond acceptors (Lipinski definition) is 4. The van der Waals surface area contributed by atoms with Crippen LogP contribution >= 0.6 is 0 Å². The van der Waals surface area contributed by atoms with E-state index in [1.165, 1.54) is 0 Å². The Morgan fingerprint density at radius 2 is 0.576 bits per heavy atom. The smallest absolute Gasteiger partial charge is 0.232 e. The van der Waals surface area contributed by atoms with Crippen LogP contribution in [-0.2, 0) is 0 Å². The fourth-order valence-electron chi connectivity index (χ4n) is 7.58. The van der Waals surface area contributed by atoms with Gasteiger partial charge in [0, 0.05) is 22.2 Å². The van der Waals surface area contributed by atoms with E-state index < -0.39 is 205 Å². The quantitative estimate of drug-likeness (QED) is 0.103. The molecular weight excluding hydrogens is 934 g/mol. The Balaban J connectivity index is 1.54. The zero-order chi connectivity index (χ0) is 47.3. The van der Waals surface area contributed by atoms with Gasteiger partial charge in [0.15, 0.2) is 81.0 Å². The second kappa shape index (κ2) is 14.3. The average Bonchev–Trinajstić information content (AvgIpc) is 4.16. The maximum atomic E-state index is 15.8. The minimum Gasteiger partial charge on any atom is -0.434 e. The van der Waals surface area contributed by atoms with E-state index in [1.54, 1.807) is 0 Å². The SMILES string of the molecule is Fc1c(F)c(F)c(-c2c3nc(c(-c4c(F)c(F)c(F)c(F)c4F)c4ccc([nH]4)c4c(nc5oc6c(F)c(F)c(F)c(F)c6c5c5ccc2[nH]5)oc2c(F)c(F)c(F)c(F)c24)C=C3)c(F)c1F. The van der Waals surface area contributed by atoms with Crippen LogP contribution in [-0.4, -0.2) is 19.9 Å². The van der Waals surface area contributed by atoms with Gasteiger partial charge in [0.05, 0.1) is 55.1 Å². The summed E-state index contributed by atoms with van der Waals surface area (Å²) in [5.74, 6) is -44.7. The summed E-state index contributed by atoms with van der Waals surface area (Å²) in [5, 5.41) is -4.74. The predicted molar refractivity (Wildman–Crippen MR) is 195 cm³/mol. The number of fused-ring (bicyclic) bond motifs is 14. The number of furan rings is 2. The highest BCUT2D eigenvalue weighted by Crippen LogP contribution is 2.44. The Labute approximate surface area is 348 Å². The highest BCUT2D eigenvalue weighted by molar-refractivity contribution is 6.15. The molecule has 0 spiro atoms. The Kier molecular flexibility index (Phi) is 9.11. The zero-order valence-electron chi connectivity index (χ0n) is 31.0. The van der Waals surface area contributed by atoms with Gasteiger partial charge in [-0.3, -0.25) is 0 Å². The van der Waals surface area contributed by atoms with E-state index in [-0.39, 0.29) is 0 Å². The van der Waals surface area contributed by atoms with E-state index in [4.69, 9.17) is 8.83 Å². The van der Waals surface area contributed by atoms with Crippen molar-refractivity contribution in [1.82, 2.24) is 19.9 Å². The van der Waals surface area contributed by atoms with E-state index >= 15 is 35.1 Å². The summed E-state index contributed by atoms with van der Waals surface area (Å²) in [6.07, 6.45) is 1.35. The average molecular weight is 943 g/mol. The molecule has 5 aromatic heterocycles. The number of benzene rings is 4. The van der Waals surface area contributed by atoms with Crippen LogP contribution in [0.25, 0.3) is 101 Å². The van der Waals surface area contributed by atoms with E-state index in [9.17, 15) is 43.9 Å². The summed E-state index contributed by atoms with van der Waals surface area (Å²) in [5.41, 5.74) is -16.6. The van der Waals surface area contributed by atoms with Crippen molar-refractivity contribution in [2.24, 2.45) is 0 Å². The molecule has 0 saturated carbocycles. The minimum atomic E-state index is -2.67. The lowest BCUT2D eigenvalue weighted by atomic mass is 10.0. The van der Waals surface area contributed by atoms with Crippen LogP contribution in [0.15, 0.2) is 33.1 Å². The van der Waals surface area contributed by atoms with Crippen LogP contribution in [0.1, 0.15) is 11.4 Å². The first-order chi connectivity index (χ1) is 31.2. The van der Waals surface area contributed by atoms with Crippen LogP contribution in [0.3, 0.4) is 0 Å². The van der Waals surface area contributed by atoms with Gasteiger partial charge in [0.1, 0.15) is 0 Å². The second-order valence-electron chi connectivity index (χ2n) is 14.0. The van der Waals surface area contributed by atoms with Gasteiger partial charge in [-0.25, -0.2) is 75.2 Å². The molecule has 0 atom stereocenters. The van der Waals surface area contributed by atoms with Crippen molar-refractivity contribution in [1.29, 1.82) is 0 Å². The molecule has 2 N–H and O–H groups in total. The van der Waals surface area contributed by atoms with Crippen molar-refractivity contribution in [2.45, 2.75) is 0 Å². The van der Waals surface area contributed by atoms with Crippen LogP contribution in [0.4, 0.5) is 79.0 Å². The molecule has 0 amide bonds. The molecule has 0 saturated heterocycles. The molecule has 1 aliphatic rings. The zero-order valence-corrected chi connectivity index (χ0v) is 31.0. The number of aromatic nitrogens is 4. The number of H-pyrrole nitrogens is 2. The predicted octanol–water partition coefficient (Wildman–Crippen LogP) is 13.8. The first kappa shape index (κ1) is 42.1. The molecule has 10 rings (SSSR count). The number of hydrogen-bond donors (Lipinski definition) is 2. The van der Waals surface area contributed by atoms with Crippen molar-refractivity contribution in [3.63, 3.8) is 0 Å². The van der Waals surface area contributed by atoms with Crippen molar-refractivity contribution in [3.8, 4) is 22.3 Å². The standard InChI is InChI=1S/C42H8F18N4O2/c43-21-17(22(44)28(50)33(55)27(21)49)13-7-1-2-8(61-7)14(18-23(45)29(51)34(56)30(52)24(18)46)10-4-6-12(63-10)16-20-26(48)32(54)36(58)38(60)40(20)66-42(16)64-41-15(11-5-3-9(13)62-11)19-25(47)31(53)35(57)37(59)39(19)65-41/h1-6,62-63H. The molecule has 0 unspecified atom stereocenters. The number of halogens is 18. The molecule has 6 heterocycles. The number of aromatic amines is 2. The summed E-state index contributed by atoms with van der Waals surface area (Å²) < 4.78 is 283. The van der Waals surface area contributed by atoms with Gasteiger partial charge in [-0.15, -0.1) is 0 Å². The maximum Gasteiger partial charge on any atom is 0.232 e. The molecule has 9 aromatic rings. The molecule has 0 radical (unpaired) electrons. The topological polar surface area (TPSA) is 83.6 Å². The number of nitrogens with zero attached hydrogens (tertiary/aromatic N) is 2. The fourth-order valence-corrected chi connectivity index (χ4v) is 7.58. The first-order valence-corrected chi connectivity index (χ1v) is 17.8. The number of nitrogens with one attached hydrogen (secondary N) is 2. The molecule has 6 bridgehead atoms. The Morgan fingerprint density at radius 1 is 0.288 bits per heavy atom. The van der Waals surface area contributed by atoms with E-state index in [1.807, 2.05) is 0 Å². The largest absolute Gasteiger partial charge is 0.434 e. The highest BCUT2D eigenvalue weighted by Gasteiger charge is 2.34. The Hall–Kier alpha value is -7.92. The molecule has 66 heavy (non-hydrogen) atoms. The molecule has 1 aliphatic heterocycles. The van der Waals surface area contributed by atoms with Crippen LogP contribution in [0.2, 0.25) is 0 Å². The van der Waals surface area contributed by atoms with Crippen LogP contribution in [0.5, 0.6) is 0 Å². The van der Waals surface area contributed by atoms with E-state index in [2.05, 4.69) is 19.9 Å². The molecule has 24 heteroatoms. The lowest BCUT2D eigenvalue weighted by Gasteiger charge is -2.10. The third kappa shape index (κ3) is 5.55. The highest BCUT2D eigenvalue weighted by atomic mass is 19.2. The summed E-state index contributed by atoms with van der Waals surface area (Å²) in [6, 6.07) is 2.94. The van der Waals surface area contributed by atoms with Crippen LogP contribution < -0.4 is 0 Å². The normalized spacial score (nSPS) is 12.3. The molecule has 0 aliphatic carbocycles. The third-order valence-electron chi connectivity index (χ3n) is 10.5. The van der Waals surface area contributed by atoms with E-state index in [0.717, 1.165) is 24.3 Å². The molecule has 6 nitrogen and oxygen atoms in total. The Morgan fingerprint density at radius 3 is 0.924 bits per heavy atom. The van der Waals surface area contributed by atoms with Crippen LogP contribution in [0, 0.1) is 105 Å². The van der Waals surface area contributed by atoms with Crippen molar-refractivity contribution in [3.05, 3.63) is 140 Å². The van der Waals surface area contributed by atoms with Gasteiger partial charge in [-0.1, -0.05) is 0 Å². The lowest BCUT2D eigenvalue weighted by Crippen LogP contribution is -2.05. The first-order valence-electron chi connectivity index (χ1n) is 17.8. The summed E-state index contributed by atoms with van der Waals surface area (Å²) in [7, 11) is 0. The van der Waals surface area contributed by atoms with Gasteiger partial charge in [0.25, 0.3) is 0 Å². The van der Waals surface area contributed by atoms with Gasteiger partial charge in [-0.05, 0) is 36.4 Å².